The molecule has 0 unspecified atom stereocenters. The third-order valence-electron chi connectivity index (χ3n) is 4.73. The largest absolute Gasteiger partial charge is 1.00 e. The number of rotatable bonds is 8. The summed E-state index contributed by atoms with van der Waals surface area (Å²) in [5, 5.41) is 0.650. The van der Waals surface area contributed by atoms with Gasteiger partial charge in [-0.15, -0.1) is 0 Å². The SMILES string of the molecule is O=c1ccnc(SCCCCCN2CCN(c3cccc(C(F)(F)F)n3)CC2)[nH]1.[Cl-]. The van der Waals surface area contributed by atoms with Crippen molar-refractivity contribution >= 4 is 17.6 Å². The van der Waals surface area contributed by atoms with Gasteiger partial charge in [0.05, 0.1) is 0 Å². The molecule has 30 heavy (non-hydrogen) atoms. The number of H-pyrrole nitrogens is 1. The topological polar surface area (TPSA) is 65.1 Å². The fourth-order valence-electron chi connectivity index (χ4n) is 3.17. The quantitative estimate of drug-likeness (QED) is 0.345. The molecule has 1 fully saturated rings. The van der Waals surface area contributed by atoms with Gasteiger partial charge in [-0.2, -0.15) is 13.2 Å². The third-order valence-corrected chi connectivity index (χ3v) is 5.70. The number of nitrogens with zero attached hydrogens (tertiary/aromatic N) is 4. The Morgan fingerprint density at radius 2 is 1.83 bits per heavy atom. The summed E-state index contributed by atoms with van der Waals surface area (Å²) in [6.07, 6.45) is 0.287. The first kappa shape index (κ1) is 24.5. The molecule has 1 saturated heterocycles. The highest BCUT2D eigenvalue weighted by atomic mass is 35.5. The van der Waals surface area contributed by atoms with Crippen LogP contribution >= 0.6 is 11.8 Å². The lowest BCUT2D eigenvalue weighted by atomic mass is 10.2. The zero-order chi connectivity index (χ0) is 20.7. The Morgan fingerprint density at radius 3 is 2.53 bits per heavy atom. The van der Waals surface area contributed by atoms with Crippen LogP contribution in [0.25, 0.3) is 0 Å². The Kier molecular flexibility index (Phi) is 9.44. The summed E-state index contributed by atoms with van der Waals surface area (Å²) in [5.41, 5.74) is -0.980. The molecular formula is C19H24ClF3N5OS-. The van der Waals surface area contributed by atoms with E-state index >= 15 is 0 Å². The molecule has 11 heteroatoms. The molecule has 6 nitrogen and oxygen atoms in total. The van der Waals surface area contributed by atoms with Crippen molar-refractivity contribution in [3.8, 4) is 0 Å². The van der Waals surface area contributed by atoms with Crippen LogP contribution in [0.4, 0.5) is 19.0 Å². The van der Waals surface area contributed by atoms with Crippen LogP contribution in [0, 0.1) is 0 Å². The standard InChI is InChI=1S/C19H24F3N5OS.ClH/c20-19(21,22)15-5-4-6-16(24-15)27-12-10-26(11-13-27)9-2-1-3-14-29-18-23-8-7-17(28)25-18;/h4-8H,1-3,9-14H2,(H,23,25,28);1H/p-1. The summed E-state index contributed by atoms with van der Waals surface area (Å²) in [4.78, 5) is 26.0. The smallest absolute Gasteiger partial charge is 0.433 e. The maximum Gasteiger partial charge on any atom is 0.433 e. The average Bonchev–Trinajstić information content (AvgIpc) is 2.70. The van der Waals surface area contributed by atoms with Crippen molar-refractivity contribution in [2.24, 2.45) is 0 Å². The van der Waals surface area contributed by atoms with Gasteiger partial charge in [-0.25, -0.2) is 9.97 Å². The lowest BCUT2D eigenvalue weighted by molar-refractivity contribution is -0.141. The molecule has 2 aromatic heterocycles. The van der Waals surface area contributed by atoms with Gasteiger partial charge in [0, 0.05) is 44.2 Å². The fraction of sp³-hybridized carbons (Fsp3) is 0.526. The molecule has 1 N–H and O–H groups in total. The predicted molar refractivity (Wildman–Crippen MR) is 107 cm³/mol. The number of nitrogens with one attached hydrogen (secondary N) is 1. The lowest BCUT2D eigenvalue weighted by Gasteiger charge is -2.35. The van der Waals surface area contributed by atoms with Crippen molar-refractivity contribution in [1.29, 1.82) is 0 Å². The maximum atomic E-state index is 12.8. The van der Waals surface area contributed by atoms with Gasteiger partial charge in [0.2, 0.25) is 0 Å². The highest BCUT2D eigenvalue weighted by Gasteiger charge is 2.33. The Morgan fingerprint density at radius 1 is 1.07 bits per heavy atom. The van der Waals surface area contributed by atoms with E-state index in [0.717, 1.165) is 50.7 Å². The van der Waals surface area contributed by atoms with Crippen molar-refractivity contribution in [2.45, 2.75) is 30.6 Å². The molecule has 3 rings (SSSR count). The van der Waals surface area contributed by atoms with E-state index < -0.39 is 11.9 Å². The van der Waals surface area contributed by atoms with Crippen molar-refractivity contribution in [3.63, 3.8) is 0 Å². The molecule has 0 radical (unpaired) electrons. The zero-order valence-corrected chi connectivity index (χ0v) is 17.9. The molecule has 3 heterocycles. The third kappa shape index (κ3) is 7.48. The van der Waals surface area contributed by atoms with E-state index in [1.807, 2.05) is 4.90 Å². The molecule has 166 valence electrons. The van der Waals surface area contributed by atoms with Gasteiger partial charge in [-0.05, 0) is 31.5 Å². The molecule has 0 spiro atoms. The molecule has 0 atom stereocenters. The number of aromatic nitrogens is 3. The van der Waals surface area contributed by atoms with Gasteiger partial charge in [-0.3, -0.25) is 9.69 Å². The van der Waals surface area contributed by atoms with Crippen LogP contribution in [0.5, 0.6) is 0 Å². The molecular weight excluding hydrogens is 439 g/mol. The van der Waals surface area contributed by atoms with E-state index in [4.69, 9.17) is 0 Å². The molecule has 1 aliphatic heterocycles. The number of halogens is 4. The Hall–Kier alpha value is -1.78. The Labute approximate surface area is 183 Å². The van der Waals surface area contributed by atoms with Crippen LogP contribution in [0.15, 0.2) is 40.4 Å². The first-order valence-corrected chi connectivity index (χ1v) is 10.6. The number of aromatic amines is 1. The normalized spacial score (nSPS) is 15.1. The van der Waals surface area contributed by atoms with Gasteiger partial charge in [-0.1, -0.05) is 24.2 Å². The van der Waals surface area contributed by atoms with E-state index in [0.29, 0.717) is 24.1 Å². The van der Waals surface area contributed by atoms with Crippen LogP contribution in [0.1, 0.15) is 25.0 Å². The highest BCUT2D eigenvalue weighted by molar-refractivity contribution is 7.99. The fourth-order valence-corrected chi connectivity index (χ4v) is 4.02. The Bertz CT molecular complexity index is 843. The molecule has 0 amide bonds. The minimum Gasteiger partial charge on any atom is -1.00 e. The van der Waals surface area contributed by atoms with Gasteiger partial charge < -0.3 is 22.3 Å². The van der Waals surface area contributed by atoms with Crippen molar-refractivity contribution in [3.05, 3.63) is 46.5 Å². The van der Waals surface area contributed by atoms with Crippen molar-refractivity contribution < 1.29 is 25.6 Å². The van der Waals surface area contributed by atoms with Crippen LogP contribution < -0.4 is 22.9 Å². The number of unbranched alkanes of at least 4 members (excludes halogenated alkanes) is 2. The molecule has 0 saturated carbocycles. The minimum atomic E-state index is -4.41. The molecule has 0 aromatic carbocycles. The van der Waals surface area contributed by atoms with E-state index in [9.17, 15) is 18.0 Å². The van der Waals surface area contributed by atoms with Crippen molar-refractivity contribution in [1.82, 2.24) is 19.9 Å². The number of alkyl halides is 3. The van der Waals surface area contributed by atoms with E-state index in [1.54, 1.807) is 17.8 Å². The van der Waals surface area contributed by atoms with Gasteiger partial charge in [0.25, 0.3) is 5.56 Å². The first-order chi connectivity index (χ1) is 13.9. The van der Waals surface area contributed by atoms with Crippen LogP contribution in [-0.4, -0.2) is 58.3 Å². The molecule has 2 aromatic rings. The highest BCUT2D eigenvalue weighted by Crippen LogP contribution is 2.29. The van der Waals surface area contributed by atoms with Gasteiger partial charge in [0.1, 0.15) is 11.5 Å². The lowest BCUT2D eigenvalue weighted by Crippen LogP contribution is -3.00. The number of anilines is 1. The van der Waals surface area contributed by atoms with E-state index in [-0.39, 0.29) is 18.0 Å². The van der Waals surface area contributed by atoms with Crippen LogP contribution in [-0.2, 0) is 6.18 Å². The summed E-state index contributed by atoms with van der Waals surface area (Å²) in [6, 6.07) is 5.45. The Balaban J connectivity index is 0.00000320. The maximum absolute atomic E-state index is 12.8. The van der Waals surface area contributed by atoms with E-state index in [1.165, 1.54) is 18.3 Å². The first-order valence-electron chi connectivity index (χ1n) is 9.61. The number of piperazine rings is 1. The number of pyridine rings is 1. The number of hydrogen-bond donors (Lipinski definition) is 1. The second-order valence-corrected chi connectivity index (χ2v) is 7.94. The van der Waals surface area contributed by atoms with Crippen LogP contribution in [0.3, 0.4) is 0 Å². The molecule has 0 bridgehead atoms. The average molecular weight is 463 g/mol. The summed E-state index contributed by atoms with van der Waals surface area (Å²) >= 11 is 1.55. The van der Waals surface area contributed by atoms with E-state index in [2.05, 4.69) is 19.9 Å². The summed E-state index contributed by atoms with van der Waals surface area (Å²) in [5.74, 6) is 1.30. The second-order valence-electron chi connectivity index (χ2n) is 6.86. The summed E-state index contributed by atoms with van der Waals surface area (Å²) < 4.78 is 38.5. The monoisotopic (exact) mass is 462 g/mol. The van der Waals surface area contributed by atoms with Gasteiger partial charge >= 0.3 is 6.18 Å². The summed E-state index contributed by atoms with van der Waals surface area (Å²) in [7, 11) is 0. The zero-order valence-electron chi connectivity index (χ0n) is 16.4. The second kappa shape index (κ2) is 11.6. The van der Waals surface area contributed by atoms with Crippen molar-refractivity contribution in [2.75, 3.05) is 43.4 Å². The number of thioether (sulfide) groups is 1. The molecule has 0 aliphatic carbocycles. The minimum absolute atomic E-state index is 0. The van der Waals surface area contributed by atoms with Crippen LogP contribution in [0.2, 0.25) is 0 Å². The number of hydrogen-bond acceptors (Lipinski definition) is 6. The molecule has 1 aliphatic rings. The predicted octanol–water partition coefficient (Wildman–Crippen LogP) is 0.272. The van der Waals surface area contributed by atoms with Gasteiger partial charge in [0.15, 0.2) is 5.16 Å². The summed E-state index contributed by atoms with van der Waals surface area (Å²) in [6.45, 7) is 3.98.